The van der Waals surface area contributed by atoms with Crippen LogP contribution in [0.4, 0.5) is 4.39 Å². The summed E-state index contributed by atoms with van der Waals surface area (Å²) in [5.74, 6) is -0.867. The summed E-state index contributed by atoms with van der Waals surface area (Å²) < 4.78 is 40.2. The molecule has 0 radical (unpaired) electrons. The molecule has 0 aliphatic rings. The number of nitrogens with one attached hydrogen (secondary N) is 1. The molecule has 21 heavy (non-hydrogen) atoms. The first-order valence-corrected chi connectivity index (χ1v) is 7.94. The van der Waals surface area contributed by atoms with Crippen LogP contribution in [0.2, 0.25) is 0 Å². The van der Waals surface area contributed by atoms with Gasteiger partial charge in [0.1, 0.15) is 10.7 Å². The van der Waals surface area contributed by atoms with Crippen LogP contribution in [0.1, 0.15) is 11.1 Å². The minimum atomic E-state index is -3.89. The van der Waals surface area contributed by atoms with Gasteiger partial charge >= 0.3 is 0 Å². The zero-order valence-electron chi connectivity index (χ0n) is 11.3. The molecule has 0 saturated carbocycles. The van der Waals surface area contributed by atoms with E-state index in [1.807, 2.05) is 30.3 Å². The summed E-state index contributed by atoms with van der Waals surface area (Å²) in [6.45, 7) is -0.147. The van der Waals surface area contributed by atoms with Gasteiger partial charge in [0.05, 0.1) is 6.61 Å². The Morgan fingerprint density at radius 1 is 1.05 bits per heavy atom. The molecule has 4 nitrogen and oxygen atoms in total. The summed E-state index contributed by atoms with van der Waals surface area (Å²) in [4.78, 5) is -0.409. The first kappa shape index (κ1) is 15.6. The minimum absolute atomic E-state index is 0.188. The van der Waals surface area contributed by atoms with Crippen LogP contribution in [-0.2, 0) is 23.1 Å². The number of aliphatic hydroxyl groups is 1. The number of rotatable bonds is 6. The molecule has 0 aromatic heterocycles. The number of halogens is 1. The second kappa shape index (κ2) is 6.80. The molecule has 0 aliphatic heterocycles. The second-order valence-electron chi connectivity index (χ2n) is 4.56. The van der Waals surface area contributed by atoms with E-state index in [0.717, 1.165) is 17.7 Å². The van der Waals surface area contributed by atoms with Crippen LogP contribution >= 0.6 is 0 Å². The van der Waals surface area contributed by atoms with Crippen molar-refractivity contribution in [1.82, 2.24) is 4.72 Å². The lowest BCUT2D eigenvalue weighted by Gasteiger charge is -2.08. The SMILES string of the molecule is O=S(=O)(NCCc1ccccc1)c1ccc(CO)cc1F. The highest BCUT2D eigenvalue weighted by atomic mass is 32.2. The van der Waals surface area contributed by atoms with Crippen LogP contribution in [0.3, 0.4) is 0 Å². The molecule has 0 heterocycles. The molecule has 0 amide bonds. The smallest absolute Gasteiger partial charge is 0.243 e. The Balaban J connectivity index is 2.05. The fourth-order valence-electron chi connectivity index (χ4n) is 1.91. The maximum atomic E-state index is 13.8. The van der Waals surface area contributed by atoms with Gasteiger partial charge in [0.15, 0.2) is 0 Å². The lowest BCUT2D eigenvalue weighted by atomic mass is 10.2. The van der Waals surface area contributed by atoms with Gasteiger partial charge in [0.2, 0.25) is 10.0 Å². The standard InChI is InChI=1S/C15H16FNO3S/c16-14-10-13(11-18)6-7-15(14)21(19,20)17-9-8-12-4-2-1-3-5-12/h1-7,10,17-18H,8-9,11H2. The van der Waals surface area contributed by atoms with Gasteiger partial charge in [-0.3, -0.25) is 0 Å². The molecule has 0 fully saturated rings. The quantitative estimate of drug-likeness (QED) is 0.855. The third-order valence-corrected chi connectivity index (χ3v) is 4.51. The molecular weight excluding hydrogens is 293 g/mol. The van der Waals surface area contributed by atoms with Crippen molar-refractivity contribution >= 4 is 10.0 Å². The topological polar surface area (TPSA) is 66.4 Å². The average molecular weight is 309 g/mol. The molecule has 0 bridgehead atoms. The zero-order chi connectivity index (χ0) is 15.3. The van der Waals surface area contributed by atoms with Crippen LogP contribution in [0.25, 0.3) is 0 Å². The molecule has 112 valence electrons. The van der Waals surface area contributed by atoms with Crippen LogP contribution in [0.15, 0.2) is 53.4 Å². The van der Waals surface area contributed by atoms with E-state index in [4.69, 9.17) is 5.11 Å². The van der Waals surface area contributed by atoms with Gasteiger partial charge in [0, 0.05) is 6.54 Å². The Labute approximate surface area is 123 Å². The van der Waals surface area contributed by atoms with E-state index in [0.29, 0.717) is 12.0 Å². The molecule has 2 rings (SSSR count). The largest absolute Gasteiger partial charge is 0.392 e. The average Bonchev–Trinajstić information content (AvgIpc) is 2.47. The number of hydrogen-bond acceptors (Lipinski definition) is 3. The molecule has 0 saturated heterocycles. The van der Waals surface area contributed by atoms with Crippen molar-refractivity contribution < 1.29 is 17.9 Å². The van der Waals surface area contributed by atoms with Crippen molar-refractivity contribution in [2.24, 2.45) is 0 Å². The van der Waals surface area contributed by atoms with Crippen LogP contribution in [0.5, 0.6) is 0 Å². The number of hydrogen-bond donors (Lipinski definition) is 2. The third kappa shape index (κ3) is 4.10. The van der Waals surface area contributed by atoms with E-state index in [1.54, 1.807) is 0 Å². The highest BCUT2D eigenvalue weighted by Crippen LogP contribution is 2.16. The number of aliphatic hydroxyl groups excluding tert-OH is 1. The lowest BCUT2D eigenvalue weighted by molar-refractivity contribution is 0.281. The first-order chi connectivity index (χ1) is 10.0. The van der Waals surface area contributed by atoms with E-state index >= 15 is 0 Å². The summed E-state index contributed by atoms with van der Waals surface area (Å²) in [5, 5.41) is 8.89. The van der Waals surface area contributed by atoms with Crippen molar-refractivity contribution in [2.75, 3.05) is 6.54 Å². The molecular formula is C15H16FNO3S. The van der Waals surface area contributed by atoms with E-state index in [1.165, 1.54) is 6.07 Å². The van der Waals surface area contributed by atoms with Crippen molar-refractivity contribution in [3.05, 3.63) is 65.5 Å². The lowest BCUT2D eigenvalue weighted by Crippen LogP contribution is -2.26. The summed E-state index contributed by atoms with van der Waals surface area (Å²) in [6, 6.07) is 13.0. The zero-order valence-corrected chi connectivity index (χ0v) is 12.1. The molecule has 0 spiro atoms. The summed E-state index contributed by atoms with van der Waals surface area (Å²) in [7, 11) is -3.89. The van der Waals surface area contributed by atoms with Gasteiger partial charge in [-0.25, -0.2) is 17.5 Å². The Morgan fingerprint density at radius 2 is 1.76 bits per heavy atom. The summed E-state index contributed by atoms with van der Waals surface area (Å²) in [6.07, 6.45) is 0.524. The van der Waals surface area contributed by atoms with E-state index in [9.17, 15) is 12.8 Å². The normalized spacial score (nSPS) is 11.5. The maximum absolute atomic E-state index is 13.8. The minimum Gasteiger partial charge on any atom is -0.392 e. The monoisotopic (exact) mass is 309 g/mol. The van der Waals surface area contributed by atoms with Crippen LogP contribution in [0, 0.1) is 5.82 Å². The Bertz CT molecular complexity index is 702. The second-order valence-corrected chi connectivity index (χ2v) is 6.29. The maximum Gasteiger partial charge on any atom is 0.243 e. The number of sulfonamides is 1. The van der Waals surface area contributed by atoms with Crippen molar-refractivity contribution in [3.8, 4) is 0 Å². The molecule has 0 atom stereocenters. The van der Waals surface area contributed by atoms with Crippen LogP contribution < -0.4 is 4.72 Å². The summed E-state index contributed by atoms with van der Waals surface area (Å²) in [5.41, 5.74) is 1.33. The van der Waals surface area contributed by atoms with E-state index in [-0.39, 0.29) is 13.2 Å². The fraction of sp³-hybridized carbons (Fsp3) is 0.200. The fourth-order valence-corrected chi connectivity index (χ4v) is 3.00. The highest BCUT2D eigenvalue weighted by Gasteiger charge is 2.18. The van der Waals surface area contributed by atoms with Gasteiger partial charge in [-0.05, 0) is 29.7 Å². The van der Waals surface area contributed by atoms with Crippen molar-refractivity contribution in [3.63, 3.8) is 0 Å². The van der Waals surface area contributed by atoms with Gasteiger partial charge in [-0.2, -0.15) is 0 Å². The van der Waals surface area contributed by atoms with Gasteiger partial charge in [-0.1, -0.05) is 36.4 Å². The molecule has 2 aromatic carbocycles. The Hall–Kier alpha value is -1.76. The summed E-state index contributed by atoms with van der Waals surface area (Å²) >= 11 is 0. The predicted molar refractivity (Wildman–Crippen MR) is 77.7 cm³/mol. The Morgan fingerprint density at radius 3 is 2.38 bits per heavy atom. The van der Waals surface area contributed by atoms with Crippen LogP contribution in [-0.4, -0.2) is 20.1 Å². The highest BCUT2D eigenvalue weighted by molar-refractivity contribution is 7.89. The first-order valence-electron chi connectivity index (χ1n) is 6.46. The van der Waals surface area contributed by atoms with Crippen molar-refractivity contribution in [2.45, 2.75) is 17.9 Å². The third-order valence-electron chi connectivity index (χ3n) is 3.02. The van der Waals surface area contributed by atoms with Gasteiger partial charge < -0.3 is 5.11 Å². The Kier molecular flexibility index (Phi) is 5.06. The molecule has 0 unspecified atom stereocenters. The molecule has 6 heteroatoms. The number of benzene rings is 2. The van der Waals surface area contributed by atoms with Gasteiger partial charge in [0.25, 0.3) is 0 Å². The predicted octanol–water partition coefficient (Wildman–Crippen LogP) is 1.84. The molecule has 2 N–H and O–H groups in total. The van der Waals surface area contributed by atoms with E-state index in [2.05, 4.69) is 4.72 Å². The van der Waals surface area contributed by atoms with Gasteiger partial charge in [-0.15, -0.1) is 0 Å². The van der Waals surface area contributed by atoms with Crippen molar-refractivity contribution in [1.29, 1.82) is 0 Å². The molecule has 2 aromatic rings. The van der Waals surface area contributed by atoms with E-state index < -0.39 is 20.7 Å². The molecule has 0 aliphatic carbocycles.